The zero-order valence-corrected chi connectivity index (χ0v) is 13.4. The van der Waals surface area contributed by atoms with E-state index in [2.05, 4.69) is 18.7 Å². The van der Waals surface area contributed by atoms with Crippen molar-refractivity contribution in [3.63, 3.8) is 0 Å². The molecule has 0 amide bonds. The van der Waals surface area contributed by atoms with Gasteiger partial charge in [0.1, 0.15) is 11.6 Å². The standard InChI is InChI=1S/C12H11F3IN5O/c1-7-6-10(21(20-16)11(17)18-7)19-8-2-4-9(5-3-8)22-12(13,14)15/h2-6,17,19-20H,1H3. The average Bonchev–Trinajstić information content (AvgIpc) is 2.39. The highest BCUT2D eigenvalue weighted by atomic mass is 127. The molecule has 0 saturated carbocycles. The van der Waals surface area contributed by atoms with Gasteiger partial charge in [0.15, 0.2) is 0 Å². The van der Waals surface area contributed by atoms with E-state index in [-0.39, 0.29) is 11.4 Å². The molecule has 118 valence electrons. The highest BCUT2D eigenvalue weighted by molar-refractivity contribution is 14.1. The molecule has 22 heavy (non-hydrogen) atoms. The Morgan fingerprint density at radius 3 is 2.45 bits per heavy atom. The number of aromatic nitrogens is 2. The van der Waals surface area contributed by atoms with Gasteiger partial charge in [-0.3, -0.25) is 9.05 Å². The van der Waals surface area contributed by atoms with Gasteiger partial charge in [-0.2, -0.15) is 0 Å². The van der Waals surface area contributed by atoms with E-state index in [9.17, 15) is 13.2 Å². The Morgan fingerprint density at radius 1 is 1.27 bits per heavy atom. The molecule has 0 unspecified atom stereocenters. The van der Waals surface area contributed by atoms with E-state index in [0.29, 0.717) is 17.2 Å². The summed E-state index contributed by atoms with van der Waals surface area (Å²) in [6, 6.07) is 6.99. The lowest BCUT2D eigenvalue weighted by Crippen LogP contribution is -2.28. The summed E-state index contributed by atoms with van der Waals surface area (Å²) in [5.74, 6) is 0.224. The van der Waals surface area contributed by atoms with Gasteiger partial charge in [0.25, 0.3) is 0 Å². The van der Waals surface area contributed by atoms with E-state index >= 15 is 0 Å². The van der Waals surface area contributed by atoms with Crippen LogP contribution in [0.25, 0.3) is 0 Å². The molecular weight excluding hydrogens is 414 g/mol. The van der Waals surface area contributed by atoms with Crippen molar-refractivity contribution in [3.8, 4) is 5.75 Å². The molecule has 10 heteroatoms. The van der Waals surface area contributed by atoms with E-state index in [1.807, 2.05) is 22.9 Å². The molecule has 0 aliphatic heterocycles. The second-order valence-corrected chi connectivity index (χ2v) is 4.71. The summed E-state index contributed by atoms with van der Waals surface area (Å²) < 4.78 is 44.2. The summed E-state index contributed by atoms with van der Waals surface area (Å²) in [6.45, 7) is 1.74. The van der Waals surface area contributed by atoms with Crippen molar-refractivity contribution in [2.24, 2.45) is 0 Å². The van der Waals surface area contributed by atoms with Gasteiger partial charge in [-0.15, -0.1) is 13.2 Å². The maximum absolute atomic E-state index is 12.1. The molecule has 0 radical (unpaired) electrons. The molecule has 1 aromatic heterocycles. The van der Waals surface area contributed by atoms with Gasteiger partial charge in [0.05, 0.1) is 22.9 Å². The fraction of sp³-hybridized carbons (Fsp3) is 0.167. The van der Waals surface area contributed by atoms with Gasteiger partial charge in [-0.05, 0) is 31.2 Å². The zero-order valence-electron chi connectivity index (χ0n) is 11.2. The number of alkyl halides is 3. The van der Waals surface area contributed by atoms with E-state index in [1.165, 1.54) is 28.9 Å². The van der Waals surface area contributed by atoms with E-state index in [0.717, 1.165) is 0 Å². The third kappa shape index (κ3) is 4.26. The van der Waals surface area contributed by atoms with Gasteiger partial charge in [-0.1, -0.05) is 0 Å². The summed E-state index contributed by atoms with van der Waals surface area (Å²) in [5.41, 5.74) is 1.17. The molecule has 2 rings (SSSR count). The summed E-state index contributed by atoms with van der Waals surface area (Å²) in [6.07, 6.45) is -4.72. The van der Waals surface area contributed by atoms with Crippen LogP contribution >= 0.6 is 22.9 Å². The first kappa shape index (κ1) is 16.4. The molecule has 3 N–H and O–H groups in total. The van der Waals surface area contributed by atoms with Crippen molar-refractivity contribution in [2.45, 2.75) is 13.3 Å². The highest BCUT2D eigenvalue weighted by Crippen LogP contribution is 2.25. The van der Waals surface area contributed by atoms with Crippen LogP contribution < -0.4 is 19.3 Å². The van der Waals surface area contributed by atoms with Crippen molar-refractivity contribution in [1.82, 2.24) is 9.66 Å². The van der Waals surface area contributed by atoms with Crippen LogP contribution in [0.2, 0.25) is 0 Å². The maximum atomic E-state index is 12.1. The van der Waals surface area contributed by atoms with Gasteiger partial charge >= 0.3 is 6.36 Å². The fourth-order valence-corrected chi connectivity index (χ4v) is 2.18. The number of rotatable bonds is 4. The lowest BCUT2D eigenvalue weighted by atomic mass is 10.3. The number of aryl methyl sites for hydroxylation is 1. The first-order valence-electron chi connectivity index (χ1n) is 5.93. The Hall–Kier alpha value is -1.98. The lowest BCUT2D eigenvalue weighted by Gasteiger charge is -2.14. The summed E-state index contributed by atoms with van der Waals surface area (Å²) in [5, 5.41) is 10.7. The molecule has 0 aliphatic carbocycles. The van der Waals surface area contributed by atoms with Gasteiger partial charge in [-0.25, -0.2) is 9.66 Å². The Morgan fingerprint density at radius 2 is 1.91 bits per heavy atom. The van der Waals surface area contributed by atoms with Crippen molar-refractivity contribution < 1.29 is 17.9 Å². The SMILES string of the molecule is Cc1cc(Nc2ccc(OC(F)(F)F)cc2)n(NI)c(=N)n1. The van der Waals surface area contributed by atoms with E-state index < -0.39 is 6.36 Å². The van der Waals surface area contributed by atoms with Crippen molar-refractivity contribution >= 4 is 34.4 Å². The predicted octanol–water partition coefficient (Wildman–Crippen LogP) is 3.21. The van der Waals surface area contributed by atoms with Crippen molar-refractivity contribution in [3.05, 3.63) is 41.6 Å². The quantitative estimate of drug-likeness (QED) is 0.520. The molecule has 0 fully saturated rings. The number of hydrogen-bond acceptors (Lipinski definition) is 5. The second-order valence-electron chi connectivity index (χ2n) is 4.22. The number of hydrogen-bond donors (Lipinski definition) is 3. The second kappa shape index (κ2) is 6.42. The van der Waals surface area contributed by atoms with Crippen LogP contribution in [0.5, 0.6) is 5.75 Å². The third-order valence-corrected chi connectivity index (χ3v) is 3.01. The number of ether oxygens (including phenoxy) is 1. The van der Waals surface area contributed by atoms with Crippen LogP contribution in [0.15, 0.2) is 30.3 Å². The van der Waals surface area contributed by atoms with Crippen LogP contribution in [0.1, 0.15) is 5.69 Å². The largest absolute Gasteiger partial charge is 0.573 e. The molecule has 0 saturated heterocycles. The zero-order chi connectivity index (χ0) is 16.3. The smallest absolute Gasteiger partial charge is 0.406 e. The molecular formula is C12H11F3IN5O. The molecule has 0 bridgehead atoms. The number of halogens is 4. The molecule has 2 aromatic rings. The number of nitrogens with one attached hydrogen (secondary N) is 3. The summed E-state index contributed by atoms with van der Waals surface area (Å²) in [7, 11) is 0. The van der Waals surface area contributed by atoms with Crippen LogP contribution in [-0.2, 0) is 0 Å². The first-order valence-corrected chi connectivity index (χ1v) is 7.01. The van der Waals surface area contributed by atoms with E-state index in [1.54, 1.807) is 13.0 Å². The highest BCUT2D eigenvalue weighted by Gasteiger charge is 2.30. The van der Waals surface area contributed by atoms with Crippen LogP contribution in [0, 0.1) is 12.3 Å². The monoisotopic (exact) mass is 425 g/mol. The van der Waals surface area contributed by atoms with Crippen LogP contribution in [0.3, 0.4) is 0 Å². The fourth-order valence-electron chi connectivity index (χ4n) is 1.69. The number of nitrogens with zero attached hydrogens (tertiary/aromatic N) is 2. The minimum Gasteiger partial charge on any atom is -0.406 e. The number of benzene rings is 1. The Balaban J connectivity index is 2.23. The summed E-state index contributed by atoms with van der Waals surface area (Å²) in [4.78, 5) is 3.98. The normalized spacial score (nSPS) is 11.1. The maximum Gasteiger partial charge on any atom is 0.573 e. The van der Waals surface area contributed by atoms with Crippen molar-refractivity contribution in [2.75, 3.05) is 8.96 Å². The first-order chi connectivity index (χ1) is 10.3. The minimum absolute atomic E-state index is 0.00563. The predicted molar refractivity (Wildman–Crippen MR) is 82.6 cm³/mol. The summed E-state index contributed by atoms with van der Waals surface area (Å²) >= 11 is 1.85. The Labute approximate surface area is 137 Å². The Kier molecular flexibility index (Phi) is 4.78. The van der Waals surface area contributed by atoms with Gasteiger partial charge in [0, 0.05) is 17.4 Å². The van der Waals surface area contributed by atoms with Gasteiger partial charge < -0.3 is 10.1 Å². The topological polar surface area (TPSA) is 75.0 Å². The number of anilines is 2. The third-order valence-electron chi connectivity index (χ3n) is 2.53. The molecule has 0 aliphatic rings. The Bertz CT molecular complexity index is 714. The van der Waals surface area contributed by atoms with Crippen LogP contribution in [0.4, 0.5) is 24.7 Å². The minimum atomic E-state index is -4.72. The van der Waals surface area contributed by atoms with E-state index in [4.69, 9.17) is 5.41 Å². The van der Waals surface area contributed by atoms with Crippen LogP contribution in [-0.4, -0.2) is 16.0 Å². The molecule has 1 aromatic carbocycles. The molecule has 1 heterocycles. The molecule has 0 spiro atoms. The van der Waals surface area contributed by atoms with Crippen molar-refractivity contribution in [1.29, 1.82) is 5.41 Å². The molecule has 6 nitrogen and oxygen atoms in total. The average molecular weight is 425 g/mol. The lowest BCUT2D eigenvalue weighted by molar-refractivity contribution is -0.274. The van der Waals surface area contributed by atoms with Gasteiger partial charge in [0.2, 0.25) is 5.62 Å². The molecule has 0 atom stereocenters.